The summed E-state index contributed by atoms with van der Waals surface area (Å²) >= 11 is 0. The standard InChI is InChI=1S/C20H33N3O3S/c1-4-18(5-2)20(24)21-10-7-15-27(25,26)23-13-11-22(12-14-23)19-9-6-8-17(3)16-19/h6,8-9,16,18H,4-5,7,10-15H2,1-3H3,(H,21,24). The van der Waals surface area contributed by atoms with Crippen molar-refractivity contribution in [2.24, 2.45) is 5.92 Å². The molecular formula is C20H33N3O3S. The van der Waals surface area contributed by atoms with Gasteiger partial charge >= 0.3 is 0 Å². The van der Waals surface area contributed by atoms with Gasteiger partial charge in [0.2, 0.25) is 15.9 Å². The fraction of sp³-hybridized carbons (Fsp3) is 0.650. The summed E-state index contributed by atoms with van der Waals surface area (Å²) in [7, 11) is -3.27. The molecule has 2 rings (SSSR count). The number of piperazine rings is 1. The van der Waals surface area contributed by atoms with Crippen molar-refractivity contribution in [2.45, 2.75) is 40.0 Å². The Labute approximate surface area is 164 Å². The molecule has 0 aliphatic carbocycles. The van der Waals surface area contributed by atoms with E-state index in [1.54, 1.807) is 4.31 Å². The summed E-state index contributed by atoms with van der Waals surface area (Å²) in [5.74, 6) is 0.140. The van der Waals surface area contributed by atoms with Crippen molar-refractivity contribution in [3.63, 3.8) is 0 Å². The third-order valence-corrected chi connectivity index (χ3v) is 7.19. The Bertz CT molecular complexity index is 709. The van der Waals surface area contributed by atoms with Crippen LogP contribution in [-0.2, 0) is 14.8 Å². The highest BCUT2D eigenvalue weighted by atomic mass is 32.2. The van der Waals surface area contributed by atoms with E-state index in [2.05, 4.69) is 35.3 Å². The van der Waals surface area contributed by atoms with Gasteiger partial charge in [-0.2, -0.15) is 4.31 Å². The van der Waals surface area contributed by atoms with E-state index in [0.717, 1.165) is 18.5 Å². The average Bonchev–Trinajstić information content (AvgIpc) is 2.66. The zero-order valence-electron chi connectivity index (χ0n) is 16.8. The number of hydrogen-bond donors (Lipinski definition) is 1. The van der Waals surface area contributed by atoms with Crippen LogP contribution in [0.15, 0.2) is 24.3 Å². The molecule has 0 bridgehead atoms. The van der Waals surface area contributed by atoms with Gasteiger partial charge in [-0.3, -0.25) is 4.79 Å². The number of aryl methyl sites for hydroxylation is 1. The van der Waals surface area contributed by atoms with Gasteiger partial charge in [0.05, 0.1) is 5.75 Å². The van der Waals surface area contributed by atoms with E-state index in [1.165, 1.54) is 5.56 Å². The van der Waals surface area contributed by atoms with Gasteiger partial charge in [-0.25, -0.2) is 8.42 Å². The Hall–Kier alpha value is -1.60. The number of hydrogen-bond acceptors (Lipinski definition) is 4. The quantitative estimate of drug-likeness (QED) is 0.652. The van der Waals surface area contributed by atoms with E-state index in [4.69, 9.17) is 0 Å². The highest BCUT2D eigenvalue weighted by molar-refractivity contribution is 7.89. The smallest absolute Gasteiger partial charge is 0.223 e. The monoisotopic (exact) mass is 395 g/mol. The lowest BCUT2D eigenvalue weighted by molar-refractivity contribution is -0.125. The average molecular weight is 396 g/mol. The molecule has 6 nitrogen and oxygen atoms in total. The summed E-state index contributed by atoms with van der Waals surface area (Å²) < 4.78 is 26.7. The van der Waals surface area contributed by atoms with E-state index in [1.807, 2.05) is 19.9 Å². The lowest BCUT2D eigenvalue weighted by Crippen LogP contribution is -2.49. The number of amides is 1. The molecule has 27 heavy (non-hydrogen) atoms. The van der Waals surface area contributed by atoms with Crippen LogP contribution < -0.4 is 10.2 Å². The summed E-state index contributed by atoms with van der Waals surface area (Å²) in [5.41, 5.74) is 2.36. The first-order chi connectivity index (χ1) is 12.9. The third kappa shape index (κ3) is 6.21. The summed E-state index contributed by atoms with van der Waals surface area (Å²) in [6.45, 7) is 8.89. The number of anilines is 1. The summed E-state index contributed by atoms with van der Waals surface area (Å²) in [6.07, 6.45) is 2.07. The van der Waals surface area contributed by atoms with Crippen molar-refractivity contribution in [1.82, 2.24) is 9.62 Å². The first kappa shape index (κ1) is 21.7. The van der Waals surface area contributed by atoms with Crippen molar-refractivity contribution < 1.29 is 13.2 Å². The van der Waals surface area contributed by atoms with Crippen LogP contribution in [0.5, 0.6) is 0 Å². The van der Waals surface area contributed by atoms with Crippen molar-refractivity contribution in [3.05, 3.63) is 29.8 Å². The van der Waals surface area contributed by atoms with Crippen LogP contribution in [-0.4, -0.2) is 57.1 Å². The predicted octanol–water partition coefficient (Wildman–Crippen LogP) is 2.39. The zero-order chi connectivity index (χ0) is 19.9. The van der Waals surface area contributed by atoms with E-state index in [9.17, 15) is 13.2 Å². The van der Waals surface area contributed by atoms with Crippen LogP contribution in [0.2, 0.25) is 0 Å². The lowest BCUT2D eigenvalue weighted by Gasteiger charge is -2.35. The van der Waals surface area contributed by atoms with Crippen LogP contribution in [0, 0.1) is 12.8 Å². The van der Waals surface area contributed by atoms with Gasteiger partial charge in [-0.15, -0.1) is 0 Å². The highest BCUT2D eigenvalue weighted by Crippen LogP contribution is 2.19. The summed E-state index contributed by atoms with van der Waals surface area (Å²) in [5, 5.41) is 2.86. The molecule has 1 amide bonds. The summed E-state index contributed by atoms with van der Waals surface area (Å²) in [6, 6.07) is 8.29. The molecule has 152 valence electrons. The number of sulfonamides is 1. The highest BCUT2D eigenvalue weighted by Gasteiger charge is 2.26. The van der Waals surface area contributed by atoms with Crippen LogP contribution in [0.1, 0.15) is 38.7 Å². The Morgan fingerprint density at radius 2 is 1.81 bits per heavy atom. The molecule has 0 saturated carbocycles. The minimum Gasteiger partial charge on any atom is -0.369 e. The molecule has 0 atom stereocenters. The van der Waals surface area contributed by atoms with E-state index in [0.29, 0.717) is 39.1 Å². The Morgan fingerprint density at radius 1 is 1.15 bits per heavy atom. The van der Waals surface area contributed by atoms with Crippen LogP contribution in [0.4, 0.5) is 5.69 Å². The minimum atomic E-state index is -3.27. The Kier molecular flexibility index (Phi) is 8.10. The lowest BCUT2D eigenvalue weighted by atomic mass is 10.0. The fourth-order valence-corrected chi connectivity index (χ4v) is 4.94. The molecule has 7 heteroatoms. The maximum atomic E-state index is 12.6. The fourth-order valence-electron chi connectivity index (χ4n) is 3.45. The second-order valence-electron chi connectivity index (χ2n) is 7.20. The molecule has 1 aliphatic rings. The molecule has 1 heterocycles. The van der Waals surface area contributed by atoms with Crippen molar-refractivity contribution in [2.75, 3.05) is 43.4 Å². The van der Waals surface area contributed by atoms with Crippen LogP contribution in [0.25, 0.3) is 0 Å². The van der Waals surface area contributed by atoms with Gasteiger partial charge in [0, 0.05) is 44.3 Å². The number of carbonyl (C=O) groups is 1. The molecule has 1 N–H and O–H groups in total. The van der Waals surface area contributed by atoms with Crippen LogP contribution in [0.3, 0.4) is 0 Å². The van der Waals surface area contributed by atoms with Gasteiger partial charge in [0.25, 0.3) is 0 Å². The van der Waals surface area contributed by atoms with E-state index >= 15 is 0 Å². The van der Waals surface area contributed by atoms with E-state index in [-0.39, 0.29) is 17.6 Å². The first-order valence-electron chi connectivity index (χ1n) is 9.94. The normalized spacial score (nSPS) is 15.9. The van der Waals surface area contributed by atoms with Crippen molar-refractivity contribution in [3.8, 4) is 0 Å². The van der Waals surface area contributed by atoms with Crippen molar-refractivity contribution in [1.29, 1.82) is 0 Å². The second kappa shape index (κ2) is 10.1. The van der Waals surface area contributed by atoms with Gasteiger partial charge < -0.3 is 10.2 Å². The number of rotatable bonds is 9. The third-order valence-electron chi connectivity index (χ3n) is 5.23. The predicted molar refractivity (Wildman–Crippen MR) is 110 cm³/mol. The Balaban J connectivity index is 1.77. The molecule has 0 aromatic heterocycles. The van der Waals surface area contributed by atoms with Gasteiger partial charge in [0.1, 0.15) is 0 Å². The molecular weight excluding hydrogens is 362 g/mol. The molecule has 1 aliphatic heterocycles. The number of carbonyl (C=O) groups excluding carboxylic acids is 1. The molecule has 1 fully saturated rings. The molecule has 0 radical (unpaired) electrons. The van der Waals surface area contributed by atoms with Gasteiger partial charge in [-0.1, -0.05) is 26.0 Å². The minimum absolute atomic E-state index is 0.0244. The Morgan fingerprint density at radius 3 is 2.41 bits per heavy atom. The largest absolute Gasteiger partial charge is 0.369 e. The maximum absolute atomic E-state index is 12.6. The number of nitrogens with one attached hydrogen (secondary N) is 1. The topological polar surface area (TPSA) is 69.7 Å². The number of benzene rings is 1. The molecule has 1 aromatic rings. The first-order valence-corrected chi connectivity index (χ1v) is 11.6. The maximum Gasteiger partial charge on any atom is 0.223 e. The molecule has 0 unspecified atom stereocenters. The van der Waals surface area contributed by atoms with E-state index < -0.39 is 10.0 Å². The molecule has 0 spiro atoms. The van der Waals surface area contributed by atoms with Gasteiger partial charge in [0.15, 0.2) is 0 Å². The van der Waals surface area contributed by atoms with Crippen LogP contribution >= 0.6 is 0 Å². The van der Waals surface area contributed by atoms with Gasteiger partial charge in [-0.05, 0) is 43.9 Å². The zero-order valence-corrected chi connectivity index (χ0v) is 17.6. The number of nitrogens with zero attached hydrogens (tertiary/aromatic N) is 2. The van der Waals surface area contributed by atoms with Crippen molar-refractivity contribution >= 4 is 21.6 Å². The molecule has 1 aromatic carbocycles. The second-order valence-corrected chi connectivity index (χ2v) is 9.29. The summed E-state index contributed by atoms with van der Waals surface area (Å²) in [4.78, 5) is 14.2. The molecule has 1 saturated heterocycles. The SMILES string of the molecule is CCC(CC)C(=O)NCCCS(=O)(=O)N1CCN(c2cccc(C)c2)CC1.